The Morgan fingerprint density at radius 2 is 1.45 bits per heavy atom. The number of ether oxygens (including phenoxy) is 1. The predicted molar refractivity (Wildman–Crippen MR) is 117 cm³/mol. The Bertz CT molecular complexity index is 1040. The van der Waals surface area contributed by atoms with Crippen LogP contribution in [0.1, 0.15) is 22.8 Å². The number of aromatic hydroxyl groups is 1. The molecule has 0 radical (unpaired) electrons. The lowest BCUT2D eigenvalue weighted by Gasteiger charge is -2.16. The van der Waals surface area contributed by atoms with Gasteiger partial charge in [-0.25, -0.2) is 4.79 Å². The average molecular weight is 417 g/mol. The zero-order valence-corrected chi connectivity index (χ0v) is 17.1. The molecule has 6 heteroatoms. The van der Waals surface area contributed by atoms with E-state index in [0.717, 1.165) is 16.7 Å². The molecule has 3 aromatic carbocycles. The molecule has 0 unspecified atom stereocenters. The fourth-order valence-corrected chi connectivity index (χ4v) is 3.05. The van der Waals surface area contributed by atoms with Crippen LogP contribution in [0.15, 0.2) is 78.9 Å². The number of hydrogen-bond acceptors (Lipinski definition) is 5. The highest BCUT2D eigenvalue weighted by atomic mass is 16.5. The lowest BCUT2D eigenvalue weighted by Crippen LogP contribution is -2.43. The molecule has 0 heterocycles. The lowest BCUT2D eigenvalue weighted by atomic mass is 10.0. The molecule has 158 valence electrons. The Balaban J connectivity index is 1.53. The van der Waals surface area contributed by atoms with Crippen LogP contribution < -0.4 is 5.32 Å². The van der Waals surface area contributed by atoms with E-state index in [1.54, 1.807) is 48.5 Å². The fourth-order valence-electron chi connectivity index (χ4n) is 3.05. The van der Waals surface area contributed by atoms with Crippen molar-refractivity contribution >= 4 is 17.7 Å². The summed E-state index contributed by atoms with van der Waals surface area (Å²) in [5, 5.41) is 12.0. The van der Waals surface area contributed by atoms with Crippen molar-refractivity contribution in [3.63, 3.8) is 0 Å². The van der Waals surface area contributed by atoms with Gasteiger partial charge in [0.25, 0.3) is 5.91 Å². The summed E-state index contributed by atoms with van der Waals surface area (Å²) in [5.41, 5.74) is 3.00. The first-order valence-electron chi connectivity index (χ1n) is 9.82. The van der Waals surface area contributed by atoms with E-state index in [2.05, 4.69) is 5.32 Å². The number of carbonyl (C=O) groups is 3. The molecule has 6 nitrogen and oxygen atoms in total. The number of carbonyl (C=O) groups excluding carboxylic acids is 3. The molecule has 31 heavy (non-hydrogen) atoms. The van der Waals surface area contributed by atoms with Gasteiger partial charge in [0.2, 0.25) is 0 Å². The van der Waals surface area contributed by atoms with Crippen molar-refractivity contribution in [1.29, 1.82) is 0 Å². The standard InChI is InChI=1S/C25H23NO5/c1-17(27)23(15-18-5-3-2-4-6-18)26-24(29)16-31-25(30)21-9-7-19(8-10-21)20-11-13-22(28)14-12-20/h2-14,23,28H,15-16H2,1H3,(H,26,29)/t23-/m0/s1. The van der Waals surface area contributed by atoms with Crippen molar-refractivity contribution < 1.29 is 24.2 Å². The summed E-state index contributed by atoms with van der Waals surface area (Å²) >= 11 is 0. The highest BCUT2D eigenvalue weighted by Gasteiger charge is 2.19. The Morgan fingerprint density at radius 3 is 2.03 bits per heavy atom. The second-order valence-corrected chi connectivity index (χ2v) is 7.12. The van der Waals surface area contributed by atoms with E-state index in [-0.39, 0.29) is 11.5 Å². The van der Waals surface area contributed by atoms with Gasteiger partial charge < -0.3 is 15.2 Å². The molecular formula is C25H23NO5. The molecule has 2 N–H and O–H groups in total. The number of esters is 1. The Hall–Kier alpha value is -3.93. The van der Waals surface area contributed by atoms with Gasteiger partial charge in [-0.3, -0.25) is 9.59 Å². The van der Waals surface area contributed by atoms with Crippen LogP contribution in [0.2, 0.25) is 0 Å². The largest absolute Gasteiger partial charge is 0.508 e. The molecule has 0 aromatic heterocycles. The molecular weight excluding hydrogens is 394 g/mol. The third-order valence-corrected chi connectivity index (χ3v) is 4.76. The predicted octanol–water partition coefficient (Wildman–Crippen LogP) is 3.53. The number of rotatable bonds is 8. The molecule has 0 saturated heterocycles. The first-order valence-corrected chi connectivity index (χ1v) is 9.82. The number of phenolic OH excluding ortho intramolecular Hbond substituents is 1. The van der Waals surface area contributed by atoms with Crippen molar-refractivity contribution in [3.8, 4) is 16.9 Å². The van der Waals surface area contributed by atoms with Gasteiger partial charge in [0.15, 0.2) is 12.4 Å². The molecule has 0 spiro atoms. The average Bonchev–Trinajstić information content (AvgIpc) is 2.78. The van der Waals surface area contributed by atoms with Crippen molar-refractivity contribution in [2.45, 2.75) is 19.4 Å². The zero-order valence-electron chi connectivity index (χ0n) is 17.1. The van der Waals surface area contributed by atoms with Gasteiger partial charge in [0.1, 0.15) is 5.75 Å². The van der Waals surface area contributed by atoms with Crippen molar-refractivity contribution in [2.24, 2.45) is 0 Å². The monoisotopic (exact) mass is 417 g/mol. The number of phenols is 1. The molecule has 1 amide bonds. The number of nitrogens with one attached hydrogen (secondary N) is 1. The van der Waals surface area contributed by atoms with Crippen LogP contribution in [-0.4, -0.2) is 35.4 Å². The van der Waals surface area contributed by atoms with Gasteiger partial charge in [-0.1, -0.05) is 54.6 Å². The molecule has 0 saturated carbocycles. The smallest absolute Gasteiger partial charge is 0.338 e. The van der Waals surface area contributed by atoms with Gasteiger partial charge in [-0.2, -0.15) is 0 Å². The SMILES string of the molecule is CC(=O)[C@H](Cc1ccccc1)NC(=O)COC(=O)c1ccc(-c2ccc(O)cc2)cc1. The van der Waals surface area contributed by atoms with Crippen LogP contribution in [0, 0.1) is 0 Å². The van der Waals surface area contributed by atoms with Crippen molar-refractivity contribution in [3.05, 3.63) is 90.0 Å². The van der Waals surface area contributed by atoms with Gasteiger partial charge in [-0.15, -0.1) is 0 Å². The van der Waals surface area contributed by atoms with Crippen molar-refractivity contribution in [2.75, 3.05) is 6.61 Å². The molecule has 0 bridgehead atoms. The molecule has 0 aliphatic carbocycles. The van der Waals surface area contributed by atoms with E-state index in [0.29, 0.717) is 12.0 Å². The number of ketones is 1. The van der Waals surface area contributed by atoms with Gasteiger partial charge >= 0.3 is 5.97 Å². The minimum atomic E-state index is -0.682. The fraction of sp³-hybridized carbons (Fsp3) is 0.160. The summed E-state index contributed by atoms with van der Waals surface area (Å²) in [5.74, 6) is -1.16. The lowest BCUT2D eigenvalue weighted by molar-refractivity contribution is -0.128. The highest BCUT2D eigenvalue weighted by molar-refractivity contribution is 5.93. The quantitative estimate of drug-likeness (QED) is 0.547. The second kappa shape index (κ2) is 10.2. The van der Waals surface area contributed by atoms with Crippen LogP contribution >= 0.6 is 0 Å². The first-order chi connectivity index (χ1) is 14.9. The third-order valence-electron chi connectivity index (χ3n) is 4.76. The maximum atomic E-state index is 12.3. The van der Waals surface area contributed by atoms with E-state index in [9.17, 15) is 19.5 Å². The molecule has 0 aliphatic rings. The van der Waals surface area contributed by atoms with E-state index < -0.39 is 24.5 Å². The maximum Gasteiger partial charge on any atom is 0.338 e. The summed E-state index contributed by atoms with van der Waals surface area (Å²) in [7, 11) is 0. The summed E-state index contributed by atoms with van der Waals surface area (Å²) in [6.45, 7) is 0.937. The van der Waals surface area contributed by atoms with E-state index in [1.165, 1.54) is 6.92 Å². The summed E-state index contributed by atoms with van der Waals surface area (Å²) in [4.78, 5) is 36.3. The third kappa shape index (κ3) is 6.27. The molecule has 0 fully saturated rings. The molecule has 3 rings (SSSR count). The second-order valence-electron chi connectivity index (χ2n) is 7.12. The first kappa shape index (κ1) is 21.8. The van der Waals surface area contributed by atoms with Crippen LogP contribution in [0.4, 0.5) is 0 Å². The molecule has 1 atom stereocenters. The minimum absolute atomic E-state index is 0.173. The molecule has 0 aliphatic heterocycles. The van der Waals surface area contributed by atoms with Crippen LogP contribution in [0.5, 0.6) is 5.75 Å². The topological polar surface area (TPSA) is 92.7 Å². The number of amides is 1. The number of Topliss-reactive ketones (excluding diaryl/α,β-unsaturated/α-hetero) is 1. The normalized spacial score (nSPS) is 11.4. The summed E-state index contributed by atoms with van der Waals surface area (Å²) in [6.07, 6.45) is 0.370. The van der Waals surface area contributed by atoms with Crippen LogP contribution in [-0.2, 0) is 20.7 Å². The van der Waals surface area contributed by atoms with Crippen molar-refractivity contribution in [1.82, 2.24) is 5.32 Å². The Morgan fingerprint density at radius 1 is 0.871 bits per heavy atom. The van der Waals surface area contributed by atoms with E-state index in [1.807, 2.05) is 30.3 Å². The zero-order chi connectivity index (χ0) is 22.2. The summed E-state index contributed by atoms with van der Waals surface area (Å²) < 4.78 is 5.09. The van der Waals surface area contributed by atoms with Gasteiger partial charge in [0.05, 0.1) is 11.6 Å². The van der Waals surface area contributed by atoms with Gasteiger partial charge in [0, 0.05) is 0 Å². The Labute approximate surface area is 180 Å². The van der Waals surface area contributed by atoms with E-state index in [4.69, 9.17) is 4.74 Å². The summed E-state index contributed by atoms with van der Waals surface area (Å²) in [6, 6.07) is 22.1. The minimum Gasteiger partial charge on any atom is -0.508 e. The highest BCUT2D eigenvalue weighted by Crippen LogP contribution is 2.22. The van der Waals surface area contributed by atoms with Crippen LogP contribution in [0.3, 0.4) is 0 Å². The van der Waals surface area contributed by atoms with E-state index >= 15 is 0 Å². The number of hydrogen-bond donors (Lipinski definition) is 2. The maximum absolute atomic E-state index is 12.3. The Kier molecular flexibility index (Phi) is 7.17. The van der Waals surface area contributed by atoms with Crippen LogP contribution in [0.25, 0.3) is 11.1 Å². The molecule has 3 aromatic rings. The van der Waals surface area contributed by atoms with Gasteiger partial charge in [-0.05, 0) is 54.3 Å². The number of benzene rings is 3.